The number of hydrogen-bond donors (Lipinski definition) is 1. The fraction of sp³-hybridized carbons (Fsp3) is 0.312. The lowest BCUT2D eigenvalue weighted by atomic mass is 10.1. The number of para-hydroxylation sites is 1. The van der Waals surface area contributed by atoms with Gasteiger partial charge in [0.1, 0.15) is 0 Å². The Labute approximate surface area is 123 Å². The van der Waals surface area contributed by atoms with Crippen molar-refractivity contribution in [3.05, 3.63) is 52.7 Å². The SMILES string of the molecule is CC(c1cccs1)N(CCCC(=O)O)c1ccccc1. The van der Waals surface area contributed by atoms with Crippen LogP contribution in [0.3, 0.4) is 0 Å². The molecule has 106 valence electrons. The highest BCUT2D eigenvalue weighted by Crippen LogP contribution is 2.29. The third kappa shape index (κ3) is 3.84. The lowest BCUT2D eigenvalue weighted by molar-refractivity contribution is -0.137. The van der Waals surface area contributed by atoms with E-state index in [1.165, 1.54) is 4.88 Å². The molecule has 0 bridgehead atoms. The predicted molar refractivity (Wildman–Crippen MR) is 83.4 cm³/mol. The predicted octanol–water partition coefficient (Wildman–Crippen LogP) is 4.18. The summed E-state index contributed by atoms with van der Waals surface area (Å²) in [6.45, 7) is 2.91. The minimum atomic E-state index is -0.734. The minimum absolute atomic E-state index is 0.209. The Morgan fingerprint density at radius 3 is 2.60 bits per heavy atom. The lowest BCUT2D eigenvalue weighted by Gasteiger charge is -2.30. The van der Waals surface area contributed by atoms with Crippen LogP contribution >= 0.6 is 11.3 Å². The van der Waals surface area contributed by atoms with Gasteiger partial charge in [0.05, 0.1) is 6.04 Å². The zero-order chi connectivity index (χ0) is 14.4. The number of carbonyl (C=O) groups is 1. The first-order valence-corrected chi connectivity index (χ1v) is 7.63. The molecule has 1 heterocycles. The molecule has 2 rings (SSSR count). The largest absolute Gasteiger partial charge is 0.481 e. The molecule has 0 amide bonds. The first-order chi connectivity index (χ1) is 9.68. The third-order valence-corrected chi connectivity index (χ3v) is 4.34. The van der Waals surface area contributed by atoms with E-state index in [-0.39, 0.29) is 12.5 Å². The van der Waals surface area contributed by atoms with Gasteiger partial charge in [-0.05, 0) is 36.9 Å². The Bertz CT molecular complexity index is 525. The smallest absolute Gasteiger partial charge is 0.303 e. The number of nitrogens with zero attached hydrogens (tertiary/aromatic N) is 1. The van der Waals surface area contributed by atoms with E-state index < -0.39 is 5.97 Å². The highest BCUT2D eigenvalue weighted by Gasteiger charge is 2.17. The van der Waals surface area contributed by atoms with Gasteiger partial charge in [-0.2, -0.15) is 0 Å². The minimum Gasteiger partial charge on any atom is -0.481 e. The van der Waals surface area contributed by atoms with E-state index in [4.69, 9.17) is 5.11 Å². The van der Waals surface area contributed by atoms with Gasteiger partial charge in [0.25, 0.3) is 0 Å². The summed E-state index contributed by atoms with van der Waals surface area (Å²) in [6, 6.07) is 14.6. The third-order valence-electron chi connectivity index (χ3n) is 3.30. The number of carboxylic acid groups (broad SMARTS) is 1. The first-order valence-electron chi connectivity index (χ1n) is 6.75. The van der Waals surface area contributed by atoms with Crippen LogP contribution in [-0.4, -0.2) is 17.6 Å². The number of anilines is 1. The zero-order valence-electron chi connectivity index (χ0n) is 11.5. The van der Waals surface area contributed by atoms with Gasteiger partial charge in [0.15, 0.2) is 0 Å². The van der Waals surface area contributed by atoms with Crippen LogP contribution in [0.25, 0.3) is 0 Å². The van der Waals surface area contributed by atoms with Gasteiger partial charge in [0, 0.05) is 23.5 Å². The van der Waals surface area contributed by atoms with Crippen molar-refractivity contribution in [2.24, 2.45) is 0 Å². The first kappa shape index (κ1) is 14.6. The molecule has 0 aliphatic rings. The van der Waals surface area contributed by atoms with E-state index >= 15 is 0 Å². The van der Waals surface area contributed by atoms with Gasteiger partial charge in [0.2, 0.25) is 0 Å². The van der Waals surface area contributed by atoms with Crippen molar-refractivity contribution >= 4 is 23.0 Å². The van der Waals surface area contributed by atoms with E-state index in [9.17, 15) is 4.79 Å². The van der Waals surface area contributed by atoms with E-state index in [0.717, 1.165) is 12.2 Å². The molecule has 1 unspecified atom stereocenters. The molecule has 0 saturated carbocycles. The summed E-state index contributed by atoms with van der Waals surface area (Å²) in [6.07, 6.45) is 0.862. The van der Waals surface area contributed by atoms with Crippen LogP contribution in [0, 0.1) is 0 Å². The van der Waals surface area contributed by atoms with Crippen molar-refractivity contribution in [1.82, 2.24) is 0 Å². The quantitative estimate of drug-likeness (QED) is 0.831. The summed E-state index contributed by atoms with van der Waals surface area (Å²) < 4.78 is 0. The molecule has 4 heteroatoms. The van der Waals surface area contributed by atoms with E-state index in [1.54, 1.807) is 11.3 Å². The number of hydrogen-bond acceptors (Lipinski definition) is 3. The number of rotatable bonds is 7. The van der Waals surface area contributed by atoms with Crippen LogP contribution < -0.4 is 4.90 Å². The van der Waals surface area contributed by atoms with Crippen LogP contribution in [0.1, 0.15) is 30.7 Å². The fourth-order valence-corrected chi connectivity index (χ4v) is 3.04. The normalized spacial score (nSPS) is 12.1. The Morgan fingerprint density at radius 2 is 2.00 bits per heavy atom. The maximum absolute atomic E-state index is 10.7. The average molecular weight is 289 g/mol. The summed E-state index contributed by atoms with van der Waals surface area (Å²) in [4.78, 5) is 14.3. The van der Waals surface area contributed by atoms with E-state index in [1.807, 2.05) is 18.2 Å². The molecule has 3 nitrogen and oxygen atoms in total. The zero-order valence-corrected chi connectivity index (χ0v) is 12.3. The monoisotopic (exact) mass is 289 g/mol. The van der Waals surface area contributed by atoms with Gasteiger partial charge in [-0.15, -0.1) is 11.3 Å². The van der Waals surface area contributed by atoms with E-state index in [0.29, 0.717) is 6.42 Å². The molecule has 0 aliphatic heterocycles. The second-order valence-electron chi connectivity index (χ2n) is 4.72. The van der Waals surface area contributed by atoms with Crippen molar-refractivity contribution in [1.29, 1.82) is 0 Å². The van der Waals surface area contributed by atoms with Gasteiger partial charge in [-0.25, -0.2) is 0 Å². The number of thiophene rings is 1. The topological polar surface area (TPSA) is 40.5 Å². The van der Waals surface area contributed by atoms with Gasteiger partial charge in [-0.1, -0.05) is 24.3 Å². The molecule has 0 fully saturated rings. The Kier molecular flexibility index (Phi) is 5.18. The molecule has 2 aromatic rings. The second-order valence-corrected chi connectivity index (χ2v) is 5.70. The summed E-state index contributed by atoms with van der Waals surface area (Å²) in [5.74, 6) is -0.734. The average Bonchev–Trinajstić information content (AvgIpc) is 2.98. The summed E-state index contributed by atoms with van der Waals surface area (Å²) >= 11 is 1.74. The molecule has 1 N–H and O–H groups in total. The summed E-state index contributed by atoms with van der Waals surface area (Å²) in [5.41, 5.74) is 1.14. The Balaban J connectivity index is 2.13. The molecular weight excluding hydrogens is 270 g/mol. The lowest BCUT2D eigenvalue weighted by Crippen LogP contribution is -2.27. The fourth-order valence-electron chi connectivity index (χ4n) is 2.25. The van der Waals surface area contributed by atoms with Gasteiger partial charge < -0.3 is 10.0 Å². The maximum atomic E-state index is 10.7. The molecular formula is C16H19NO2S. The van der Waals surface area contributed by atoms with Crippen LogP contribution in [0.5, 0.6) is 0 Å². The highest BCUT2D eigenvalue weighted by molar-refractivity contribution is 7.10. The Hall–Kier alpha value is -1.81. The number of aliphatic carboxylic acids is 1. The second kappa shape index (κ2) is 7.10. The van der Waals surface area contributed by atoms with Crippen LogP contribution in [-0.2, 0) is 4.79 Å². The van der Waals surface area contributed by atoms with Crippen LogP contribution in [0.15, 0.2) is 47.8 Å². The van der Waals surface area contributed by atoms with Gasteiger partial charge in [-0.3, -0.25) is 4.79 Å². The van der Waals surface area contributed by atoms with Gasteiger partial charge >= 0.3 is 5.97 Å². The van der Waals surface area contributed by atoms with Crippen molar-refractivity contribution in [2.45, 2.75) is 25.8 Å². The molecule has 1 atom stereocenters. The molecule has 1 aromatic carbocycles. The summed E-state index contributed by atoms with van der Waals surface area (Å²) in [5, 5.41) is 10.9. The van der Waals surface area contributed by atoms with Crippen molar-refractivity contribution in [2.75, 3.05) is 11.4 Å². The molecule has 0 radical (unpaired) electrons. The van der Waals surface area contributed by atoms with Crippen LogP contribution in [0.4, 0.5) is 5.69 Å². The molecule has 20 heavy (non-hydrogen) atoms. The molecule has 0 saturated heterocycles. The number of carboxylic acids is 1. The van der Waals surface area contributed by atoms with Crippen molar-refractivity contribution < 1.29 is 9.90 Å². The van der Waals surface area contributed by atoms with Crippen LogP contribution in [0.2, 0.25) is 0 Å². The standard InChI is InChI=1S/C16H19NO2S/c1-13(15-9-6-12-20-15)17(11-5-10-16(18)19)14-7-3-2-4-8-14/h2-4,6-9,12-13H,5,10-11H2,1H3,(H,18,19). The number of benzene rings is 1. The Morgan fingerprint density at radius 1 is 1.25 bits per heavy atom. The van der Waals surface area contributed by atoms with E-state index in [2.05, 4.69) is 41.5 Å². The van der Waals surface area contributed by atoms with Crippen molar-refractivity contribution in [3.63, 3.8) is 0 Å². The van der Waals surface area contributed by atoms with Crippen molar-refractivity contribution in [3.8, 4) is 0 Å². The molecule has 1 aromatic heterocycles. The summed E-state index contributed by atoms with van der Waals surface area (Å²) in [7, 11) is 0. The molecule has 0 aliphatic carbocycles. The highest BCUT2D eigenvalue weighted by atomic mass is 32.1. The maximum Gasteiger partial charge on any atom is 0.303 e. The molecule has 0 spiro atoms.